The van der Waals surface area contributed by atoms with Crippen LogP contribution in [0.5, 0.6) is 17.2 Å². The number of methoxy groups -OCH3 is 3. The van der Waals surface area contributed by atoms with Gasteiger partial charge in [-0.2, -0.15) is 0 Å². The van der Waals surface area contributed by atoms with E-state index in [1.165, 1.54) is 7.11 Å². The average molecular weight is 234 g/mol. The zero-order chi connectivity index (χ0) is 12.7. The molecule has 0 aliphatic carbocycles. The molecule has 1 aromatic carbocycles. The van der Waals surface area contributed by atoms with E-state index in [9.17, 15) is 4.79 Å². The highest BCUT2D eigenvalue weighted by molar-refractivity contribution is 5.59. The van der Waals surface area contributed by atoms with Gasteiger partial charge in [0.25, 0.3) is 0 Å². The molecular weight excluding hydrogens is 220 g/mol. The van der Waals surface area contributed by atoms with Gasteiger partial charge in [0.15, 0.2) is 11.5 Å². The molecule has 0 fully saturated rings. The molecule has 0 N–H and O–H groups in total. The number of carbonyl (C=O) groups excluding carboxylic acids is 1. The number of benzene rings is 1. The highest BCUT2D eigenvalue weighted by Gasteiger charge is 2.11. The summed E-state index contributed by atoms with van der Waals surface area (Å²) in [4.78, 5) is 10.2. The van der Waals surface area contributed by atoms with Crippen molar-refractivity contribution in [3.05, 3.63) is 17.7 Å². The molecule has 0 saturated heterocycles. The van der Waals surface area contributed by atoms with Crippen molar-refractivity contribution in [2.45, 2.75) is 6.42 Å². The van der Waals surface area contributed by atoms with Crippen LogP contribution in [0.1, 0.15) is 12.0 Å². The third-order valence-corrected chi connectivity index (χ3v) is 2.08. The van der Waals surface area contributed by atoms with E-state index in [1.807, 2.05) is 0 Å². The molecule has 0 atom stereocenters. The van der Waals surface area contributed by atoms with Crippen molar-refractivity contribution in [1.29, 1.82) is 0 Å². The van der Waals surface area contributed by atoms with Crippen LogP contribution in [0, 0.1) is 11.8 Å². The summed E-state index contributed by atoms with van der Waals surface area (Å²) in [5, 5.41) is 0. The molecular formula is C13H14O4. The molecule has 4 nitrogen and oxygen atoms in total. The van der Waals surface area contributed by atoms with E-state index in [0.29, 0.717) is 22.8 Å². The maximum absolute atomic E-state index is 10.2. The molecule has 1 aromatic rings. The van der Waals surface area contributed by atoms with E-state index in [0.717, 1.165) is 6.29 Å². The van der Waals surface area contributed by atoms with Gasteiger partial charge in [-0.1, -0.05) is 11.8 Å². The number of hydrogen-bond donors (Lipinski definition) is 0. The van der Waals surface area contributed by atoms with Gasteiger partial charge in [0.05, 0.1) is 27.8 Å². The Labute approximate surface area is 100 Å². The molecule has 0 aliphatic rings. The SMILES string of the molecule is COc1cc(C#CCC=O)cc(OC)c1OC. The van der Waals surface area contributed by atoms with Crippen LogP contribution in [0.15, 0.2) is 12.1 Å². The summed E-state index contributed by atoms with van der Waals surface area (Å²) in [6.07, 6.45) is 0.960. The summed E-state index contributed by atoms with van der Waals surface area (Å²) >= 11 is 0. The van der Waals surface area contributed by atoms with Gasteiger partial charge >= 0.3 is 0 Å². The van der Waals surface area contributed by atoms with Crippen molar-refractivity contribution in [3.63, 3.8) is 0 Å². The zero-order valence-corrected chi connectivity index (χ0v) is 10.1. The maximum atomic E-state index is 10.2. The molecule has 0 heterocycles. The lowest BCUT2D eigenvalue weighted by atomic mass is 10.2. The quantitative estimate of drug-likeness (QED) is 0.587. The van der Waals surface area contributed by atoms with Crippen molar-refractivity contribution in [2.24, 2.45) is 0 Å². The number of ether oxygens (including phenoxy) is 3. The van der Waals surface area contributed by atoms with Crippen molar-refractivity contribution in [3.8, 4) is 29.1 Å². The van der Waals surface area contributed by atoms with Gasteiger partial charge in [-0.25, -0.2) is 0 Å². The van der Waals surface area contributed by atoms with Crippen LogP contribution in [0.25, 0.3) is 0 Å². The van der Waals surface area contributed by atoms with E-state index in [4.69, 9.17) is 14.2 Å². The van der Waals surface area contributed by atoms with Gasteiger partial charge in [0, 0.05) is 5.56 Å². The number of rotatable bonds is 4. The minimum atomic E-state index is 0.205. The summed E-state index contributed by atoms with van der Waals surface area (Å²) in [6.45, 7) is 0. The Bertz CT molecular complexity index is 429. The van der Waals surface area contributed by atoms with E-state index in [1.54, 1.807) is 26.4 Å². The Kier molecular flexibility index (Phi) is 4.89. The fourth-order valence-corrected chi connectivity index (χ4v) is 1.35. The molecule has 0 bridgehead atoms. The predicted octanol–water partition coefficient (Wildman–Crippen LogP) is 1.65. The number of hydrogen-bond acceptors (Lipinski definition) is 4. The predicted molar refractivity (Wildman–Crippen MR) is 63.7 cm³/mol. The van der Waals surface area contributed by atoms with Crippen LogP contribution in [0.3, 0.4) is 0 Å². The molecule has 0 saturated carbocycles. The third kappa shape index (κ3) is 3.15. The smallest absolute Gasteiger partial charge is 0.203 e. The lowest BCUT2D eigenvalue weighted by molar-refractivity contribution is -0.107. The lowest BCUT2D eigenvalue weighted by Crippen LogP contribution is -1.95. The van der Waals surface area contributed by atoms with Gasteiger partial charge in [-0.3, -0.25) is 0 Å². The topological polar surface area (TPSA) is 44.8 Å². The summed E-state index contributed by atoms with van der Waals surface area (Å²) in [5.74, 6) is 7.18. The highest BCUT2D eigenvalue weighted by Crippen LogP contribution is 2.37. The molecule has 17 heavy (non-hydrogen) atoms. The van der Waals surface area contributed by atoms with Crippen molar-refractivity contribution >= 4 is 6.29 Å². The van der Waals surface area contributed by atoms with Crippen molar-refractivity contribution in [1.82, 2.24) is 0 Å². The van der Waals surface area contributed by atoms with E-state index < -0.39 is 0 Å². The molecule has 1 rings (SSSR count). The van der Waals surface area contributed by atoms with Crippen LogP contribution in [-0.4, -0.2) is 27.6 Å². The molecule has 0 unspecified atom stereocenters. The van der Waals surface area contributed by atoms with Crippen LogP contribution in [0.2, 0.25) is 0 Å². The van der Waals surface area contributed by atoms with Crippen molar-refractivity contribution < 1.29 is 19.0 Å². The molecule has 0 amide bonds. The largest absolute Gasteiger partial charge is 0.493 e. The Morgan fingerprint density at radius 3 is 2.12 bits per heavy atom. The first-order valence-corrected chi connectivity index (χ1v) is 4.99. The first kappa shape index (κ1) is 12.9. The van der Waals surface area contributed by atoms with Crippen LogP contribution in [-0.2, 0) is 4.79 Å². The Morgan fingerprint density at radius 2 is 1.71 bits per heavy atom. The molecule has 0 aliphatic heterocycles. The van der Waals surface area contributed by atoms with Gasteiger partial charge in [0.2, 0.25) is 5.75 Å². The summed E-state index contributed by atoms with van der Waals surface area (Å²) in [5.41, 5.74) is 0.710. The van der Waals surface area contributed by atoms with E-state index in [-0.39, 0.29) is 6.42 Å². The highest BCUT2D eigenvalue weighted by atomic mass is 16.5. The fraction of sp³-hybridized carbons (Fsp3) is 0.308. The summed E-state index contributed by atoms with van der Waals surface area (Å²) < 4.78 is 15.6. The normalized spacial score (nSPS) is 8.88. The Morgan fingerprint density at radius 1 is 1.12 bits per heavy atom. The lowest BCUT2D eigenvalue weighted by Gasteiger charge is -2.12. The Balaban J connectivity index is 3.18. The first-order chi connectivity index (χ1) is 8.26. The van der Waals surface area contributed by atoms with Gasteiger partial charge < -0.3 is 19.0 Å². The fourth-order valence-electron chi connectivity index (χ4n) is 1.35. The zero-order valence-electron chi connectivity index (χ0n) is 10.1. The second-order valence-electron chi connectivity index (χ2n) is 3.09. The van der Waals surface area contributed by atoms with Crippen LogP contribution in [0.4, 0.5) is 0 Å². The minimum Gasteiger partial charge on any atom is -0.493 e. The van der Waals surface area contributed by atoms with Crippen molar-refractivity contribution in [2.75, 3.05) is 21.3 Å². The number of aldehydes is 1. The van der Waals surface area contributed by atoms with Gasteiger partial charge in [-0.15, -0.1) is 0 Å². The first-order valence-electron chi connectivity index (χ1n) is 4.99. The van der Waals surface area contributed by atoms with Gasteiger partial charge in [-0.05, 0) is 12.1 Å². The molecule has 0 spiro atoms. The van der Waals surface area contributed by atoms with Gasteiger partial charge in [0.1, 0.15) is 6.29 Å². The molecule has 4 heteroatoms. The van der Waals surface area contributed by atoms with E-state index in [2.05, 4.69) is 11.8 Å². The second-order valence-corrected chi connectivity index (χ2v) is 3.09. The molecule has 0 aromatic heterocycles. The number of carbonyl (C=O) groups is 1. The molecule has 90 valence electrons. The summed E-state index contributed by atoms with van der Waals surface area (Å²) in [7, 11) is 4.62. The standard InChI is InChI=1S/C13H14O4/c1-15-11-8-10(6-4-5-7-14)9-12(16-2)13(11)17-3/h7-9H,5H2,1-3H3. The third-order valence-electron chi connectivity index (χ3n) is 2.08. The maximum Gasteiger partial charge on any atom is 0.203 e. The van der Waals surface area contributed by atoms with Crippen LogP contribution >= 0.6 is 0 Å². The second kappa shape index (κ2) is 6.44. The Hall–Kier alpha value is -2.15. The minimum absolute atomic E-state index is 0.205. The molecule has 0 radical (unpaired) electrons. The van der Waals surface area contributed by atoms with E-state index >= 15 is 0 Å². The summed E-state index contributed by atoms with van der Waals surface area (Å²) in [6, 6.07) is 3.47. The average Bonchev–Trinajstić information content (AvgIpc) is 2.37. The van der Waals surface area contributed by atoms with Crippen LogP contribution < -0.4 is 14.2 Å². The monoisotopic (exact) mass is 234 g/mol.